The van der Waals surface area contributed by atoms with Crippen LogP contribution >= 0.6 is 15.9 Å². The van der Waals surface area contributed by atoms with Crippen molar-refractivity contribution in [2.24, 2.45) is 10.3 Å². The summed E-state index contributed by atoms with van der Waals surface area (Å²) in [5.41, 5.74) is 4.38. The molecule has 0 aromatic carbocycles. The maximum atomic E-state index is 3.63. The molecule has 37 valence electrons. The summed E-state index contributed by atoms with van der Waals surface area (Å²) in [6.07, 6.45) is 1.62. The zero-order valence-electron chi connectivity index (χ0n) is 3.50. The number of nitrogens with zero attached hydrogens (tertiary/aromatic N) is 3. The lowest BCUT2D eigenvalue weighted by atomic mass is 10.6. The maximum Gasteiger partial charge on any atom is 0.0955 e. The normalized spacial score (nSPS) is 16.4. The van der Waals surface area contributed by atoms with Crippen LogP contribution in [0.5, 0.6) is 0 Å². The number of hydrogen-bond donors (Lipinski definition) is 0. The lowest BCUT2D eigenvalue weighted by Crippen LogP contribution is -1.74. The predicted octanol–water partition coefficient (Wildman–Crippen LogP) is 1.21. The van der Waals surface area contributed by atoms with Gasteiger partial charge in [-0.3, -0.25) is 0 Å². The first-order chi connectivity index (χ1) is 3.43. The van der Waals surface area contributed by atoms with Gasteiger partial charge in [-0.05, 0) is 5.22 Å². The molecule has 0 spiro atoms. The Morgan fingerprint density at radius 3 is 2.86 bits per heavy atom. The van der Waals surface area contributed by atoms with E-state index < -0.39 is 0 Å². The first kappa shape index (κ1) is 4.77. The summed E-state index contributed by atoms with van der Waals surface area (Å²) in [6.45, 7) is 0. The summed E-state index contributed by atoms with van der Waals surface area (Å²) in [5.74, 6) is 0. The van der Waals surface area contributed by atoms with Crippen LogP contribution in [0.4, 0.5) is 0 Å². The third kappa shape index (κ3) is 0.991. The smallest absolute Gasteiger partial charge is 0.0955 e. The number of allylic oxidation sites excluding steroid dienone is 1. The molecule has 0 aromatic rings. The second-order valence-corrected chi connectivity index (χ2v) is 1.62. The van der Waals surface area contributed by atoms with Gasteiger partial charge >= 0.3 is 0 Å². The zero-order chi connectivity index (χ0) is 5.11. The monoisotopic (exact) mass is 160 g/mol. The minimum absolute atomic E-state index is 0.736. The minimum atomic E-state index is 0.736. The van der Waals surface area contributed by atoms with Gasteiger partial charge in [-0.15, -0.1) is 10.5 Å². The number of rotatable bonds is 1. The van der Waals surface area contributed by atoms with E-state index in [9.17, 15) is 0 Å². The first-order valence-corrected chi connectivity index (χ1v) is 2.91. The van der Waals surface area contributed by atoms with Crippen LogP contribution in [0.3, 0.4) is 0 Å². The Morgan fingerprint density at radius 2 is 2.57 bits per heavy atom. The number of hydrogen-bond acceptors (Lipinski definition) is 2. The van der Waals surface area contributed by atoms with E-state index in [1.165, 1.54) is 0 Å². The second-order valence-electron chi connectivity index (χ2n) is 1.06. The van der Waals surface area contributed by atoms with Crippen molar-refractivity contribution in [1.82, 2.24) is 5.43 Å². The van der Waals surface area contributed by atoms with E-state index in [0.29, 0.717) is 0 Å². The van der Waals surface area contributed by atoms with Crippen molar-refractivity contribution >= 4 is 15.9 Å². The van der Waals surface area contributed by atoms with Crippen LogP contribution in [-0.4, -0.2) is 5.33 Å². The molecule has 0 unspecified atom stereocenters. The molecule has 0 amide bonds. The largest absolute Gasteiger partial charge is 0.137 e. The maximum absolute atomic E-state index is 3.63. The van der Waals surface area contributed by atoms with Gasteiger partial charge in [0.15, 0.2) is 0 Å². The molecule has 0 N–H and O–H groups in total. The van der Waals surface area contributed by atoms with Crippen LogP contribution in [0.2, 0.25) is 0 Å². The Morgan fingerprint density at radius 1 is 1.71 bits per heavy atom. The van der Waals surface area contributed by atoms with Gasteiger partial charge in [-0.1, -0.05) is 15.9 Å². The fraction of sp³-hybridized carbons (Fsp3) is 0.333. The van der Waals surface area contributed by atoms with Gasteiger partial charge < -0.3 is 0 Å². The fourth-order valence-corrected chi connectivity index (χ4v) is 0.520. The number of halogens is 1. The van der Waals surface area contributed by atoms with Crippen LogP contribution < -0.4 is 5.43 Å². The van der Waals surface area contributed by atoms with Gasteiger partial charge in [0.1, 0.15) is 0 Å². The Labute approximate surface area is 49.6 Å². The quantitative estimate of drug-likeness (QED) is 0.518. The van der Waals surface area contributed by atoms with Gasteiger partial charge in [0, 0.05) is 5.33 Å². The average molecular weight is 161 g/mol. The zero-order valence-corrected chi connectivity index (χ0v) is 5.09. The van der Waals surface area contributed by atoms with Gasteiger partial charge in [-0.25, -0.2) is 0 Å². The van der Waals surface area contributed by atoms with Crippen LogP contribution in [0.15, 0.2) is 22.2 Å². The lowest BCUT2D eigenvalue weighted by Gasteiger charge is -1.76. The highest BCUT2D eigenvalue weighted by Gasteiger charge is 1.95. The Bertz CT molecular complexity index is 117. The summed E-state index contributed by atoms with van der Waals surface area (Å²) in [4.78, 5) is 0. The Balaban J connectivity index is 2.52. The van der Waals surface area contributed by atoms with E-state index in [-0.39, 0.29) is 0 Å². The van der Waals surface area contributed by atoms with E-state index in [4.69, 9.17) is 0 Å². The van der Waals surface area contributed by atoms with Crippen molar-refractivity contribution in [3.8, 4) is 0 Å². The van der Waals surface area contributed by atoms with Gasteiger partial charge in [0.25, 0.3) is 0 Å². The Hall–Kier alpha value is -0.380. The van der Waals surface area contributed by atoms with Crippen molar-refractivity contribution in [2.45, 2.75) is 0 Å². The highest BCUT2D eigenvalue weighted by molar-refractivity contribution is 9.09. The first-order valence-electron chi connectivity index (χ1n) is 1.79. The molecule has 0 aromatic heterocycles. The summed E-state index contributed by atoms with van der Waals surface area (Å²) in [5, 5.41) is 7.73. The minimum Gasteiger partial charge on any atom is -0.137 e. The second kappa shape index (κ2) is 2.07. The molecule has 0 aliphatic carbocycles. The van der Waals surface area contributed by atoms with Crippen molar-refractivity contribution < 1.29 is 0 Å². The molecule has 4 heteroatoms. The highest BCUT2D eigenvalue weighted by atomic mass is 79.9. The summed E-state index contributed by atoms with van der Waals surface area (Å²) in [7, 11) is 0. The molecular formula is C3H3BrN3. The molecule has 7 heavy (non-hydrogen) atoms. The third-order valence-electron chi connectivity index (χ3n) is 0.568. The summed E-state index contributed by atoms with van der Waals surface area (Å²) in [6, 6.07) is 0. The van der Waals surface area contributed by atoms with E-state index in [1.807, 2.05) is 0 Å². The van der Waals surface area contributed by atoms with Gasteiger partial charge in [0.2, 0.25) is 0 Å². The molecule has 0 fully saturated rings. The topological polar surface area (TPSA) is 38.8 Å². The number of alkyl halides is 1. The van der Waals surface area contributed by atoms with Crippen LogP contribution in [-0.2, 0) is 0 Å². The molecule has 0 atom stereocenters. The molecule has 0 saturated heterocycles. The molecule has 1 radical (unpaired) electrons. The van der Waals surface area contributed by atoms with Gasteiger partial charge in [0.05, 0.1) is 11.9 Å². The van der Waals surface area contributed by atoms with Crippen LogP contribution in [0, 0.1) is 0 Å². The predicted molar refractivity (Wildman–Crippen MR) is 28.9 cm³/mol. The SMILES string of the molecule is BrCC1=C[N]N=N1. The standard InChI is InChI=1S/C3H3BrN3/c4-1-3-2-5-7-6-3/h2H,1H2. The molecule has 0 bridgehead atoms. The average Bonchev–Trinajstić information content (AvgIpc) is 2.14. The van der Waals surface area contributed by atoms with Crippen molar-refractivity contribution in [2.75, 3.05) is 5.33 Å². The van der Waals surface area contributed by atoms with Crippen molar-refractivity contribution in [3.63, 3.8) is 0 Å². The lowest BCUT2D eigenvalue weighted by molar-refractivity contribution is 0.903. The molecule has 0 saturated carbocycles. The third-order valence-corrected chi connectivity index (χ3v) is 1.14. The van der Waals surface area contributed by atoms with Crippen molar-refractivity contribution in [1.29, 1.82) is 0 Å². The van der Waals surface area contributed by atoms with Crippen molar-refractivity contribution in [3.05, 3.63) is 11.9 Å². The summed E-state index contributed by atoms with van der Waals surface area (Å²) >= 11 is 3.19. The van der Waals surface area contributed by atoms with E-state index >= 15 is 0 Å². The molecule has 1 heterocycles. The molecule has 3 nitrogen and oxygen atoms in total. The van der Waals surface area contributed by atoms with Crippen LogP contribution in [0.25, 0.3) is 0 Å². The van der Waals surface area contributed by atoms with Gasteiger partial charge in [-0.2, -0.15) is 0 Å². The highest BCUT2D eigenvalue weighted by Crippen LogP contribution is 2.04. The molecule has 1 aliphatic rings. The molecule has 1 rings (SSSR count). The van der Waals surface area contributed by atoms with E-state index in [1.54, 1.807) is 6.20 Å². The van der Waals surface area contributed by atoms with E-state index in [0.717, 1.165) is 11.0 Å². The fourth-order valence-electron chi connectivity index (χ4n) is 0.263. The van der Waals surface area contributed by atoms with E-state index in [2.05, 4.69) is 31.7 Å². The summed E-state index contributed by atoms with van der Waals surface area (Å²) < 4.78 is 0. The molecule has 1 aliphatic heterocycles. The molecular weight excluding hydrogens is 158 g/mol. The Kier molecular flexibility index (Phi) is 1.41. The van der Waals surface area contributed by atoms with Crippen LogP contribution in [0.1, 0.15) is 0 Å².